The lowest BCUT2D eigenvalue weighted by Crippen LogP contribution is -2.41. The maximum absolute atomic E-state index is 11.2. The van der Waals surface area contributed by atoms with Crippen LogP contribution in [0.1, 0.15) is 25.8 Å². The first kappa shape index (κ1) is 16.3. The van der Waals surface area contributed by atoms with Crippen molar-refractivity contribution in [3.05, 3.63) is 29.8 Å². The maximum Gasteiger partial charge on any atom is 0.118 e. The Bertz CT molecular complexity index is 426. The van der Waals surface area contributed by atoms with E-state index >= 15 is 0 Å². The summed E-state index contributed by atoms with van der Waals surface area (Å²) in [4.78, 5) is 2.36. The molecule has 21 heavy (non-hydrogen) atoms. The van der Waals surface area contributed by atoms with Crippen molar-refractivity contribution in [1.29, 1.82) is 0 Å². The highest BCUT2D eigenvalue weighted by atomic mass is 16.5. The van der Waals surface area contributed by atoms with Crippen molar-refractivity contribution in [3.63, 3.8) is 0 Å². The lowest BCUT2D eigenvalue weighted by Gasteiger charge is -2.36. The fourth-order valence-corrected chi connectivity index (χ4v) is 2.80. The van der Waals surface area contributed by atoms with Gasteiger partial charge in [-0.05, 0) is 30.0 Å². The molecule has 0 bridgehead atoms. The van der Waals surface area contributed by atoms with Gasteiger partial charge in [-0.15, -0.1) is 0 Å². The molecule has 1 aliphatic rings. The molecule has 1 atom stereocenters. The van der Waals surface area contributed by atoms with Gasteiger partial charge in [-0.2, -0.15) is 0 Å². The second-order valence-corrected chi connectivity index (χ2v) is 6.01. The third-order valence-corrected chi connectivity index (χ3v) is 4.46. The molecule has 1 fully saturated rings. The van der Waals surface area contributed by atoms with Gasteiger partial charge < -0.3 is 14.6 Å². The Morgan fingerprint density at radius 3 is 2.38 bits per heavy atom. The molecule has 0 radical (unpaired) electrons. The van der Waals surface area contributed by atoms with E-state index in [2.05, 4.69) is 18.7 Å². The lowest BCUT2D eigenvalue weighted by molar-refractivity contribution is -0.0358. The van der Waals surface area contributed by atoms with E-state index in [9.17, 15) is 5.11 Å². The van der Waals surface area contributed by atoms with Gasteiger partial charge in [0.05, 0.1) is 25.9 Å². The summed E-state index contributed by atoms with van der Waals surface area (Å²) >= 11 is 0. The van der Waals surface area contributed by atoms with Gasteiger partial charge in [-0.1, -0.05) is 26.0 Å². The van der Waals surface area contributed by atoms with Gasteiger partial charge in [0.1, 0.15) is 5.75 Å². The molecular weight excluding hydrogens is 266 g/mol. The molecule has 0 aliphatic carbocycles. The van der Waals surface area contributed by atoms with Crippen LogP contribution in [0.15, 0.2) is 24.3 Å². The fraction of sp³-hybridized carbons (Fsp3) is 0.647. The molecule has 4 nitrogen and oxygen atoms in total. The largest absolute Gasteiger partial charge is 0.497 e. The van der Waals surface area contributed by atoms with E-state index in [1.807, 2.05) is 24.3 Å². The van der Waals surface area contributed by atoms with E-state index in [0.717, 1.165) is 50.6 Å². The molecule has 1 unspecified atom stereocenters. The van der Waals surface area contributed by atoms with Gasteiger partial charge in [0.15, 0.2) is 0 Å². The number of hydrogen-bond donors (Lipinski definition) is 1. The van der Waals surface area contributed by atoms with E-state index < -0.39 is 5.60 Å². The van der Waals surface area contributed by atoms with Gasteiger partial charge in [-0.25, -0.2) is 0 Å². The van der Waals surface area contributed by atoms with E-state index in [1.54, 1.807) is 7.11 Å². The zero-order valence-corrected chi connectivity index (χ0v) is 13.3. The molecule has 1 aromatic rings. The highest BCUT2D eigenvalue weighted by Crippen LogP contribution is 2.34. The summed E-state index contributed by atoms with van der Waals surface area (Å²) in [6.07, 6.45) is 0.733. The van der Waals surface area contributed by atoms with Crippen LogP contribution < -0.4 is 4.74 Å². The van der Waals surface area contributed by atoms with E-state index in [-0.39, 0.29) is 5.92 Å². The number of benzene rings is 1. The molecule has 0 aromatic heterocycles. The van der Waals surface area contributed by atoms with Crippen LogP contribution in [-0.2, 0) is 10.3 Å². The summed E-state index contributed by atoms with van der Waals surface area (Å²) in [5, 5.41) is 11.2. The van der Waals surface area contributed by atoms with Crippen LogP contribution in [0.4, 0.5) is 0 Å². The van der Waals surface area contributed by atoms with Gasteiger partial charge in [0.25, 0.3) is 0 Å². The lowest BCUT2D eigenvalue weighted by atomic mass is 9.80. The number of aliphatic hydroxyl groups is 1. The summed E-state index contributed by atoms with van der Waals surface area (Å²) in [6.45, 7) is 8.54. The molecule has 0 spiro atoms. The monoisotopic (exact) mass is 293 g/mol. The Hall–Kier alpha value is -1.10. The topological polar surface area (TPSA) is 41.9 Å². The molecule has 0 saturated carbocycles. The summed E-state index contributed by atoms with van der Waals surface area (Å²) in [6, 6.07) is 7.77. The first-order valence-electron chi connectivity index (χ1n) is 7.73. The van der Waals surface area contributed by atoms with Crippen LogP contribution in [-0.4, -0.2) is 50.0 Å². The van der Waals surface area contributed by atoms with Crippen LogP contribution in [0.2, 0.25) is 0 Å². The average Bonchev–Trinajstić information content (AvgIpc) is 2.53. The van der Waals surface area contributed by atoms with Crippen LogP contribution in [0.5, 0.6) is 5.75 Å². The van der Waals surface area contributed by atoms with Gasteiger partial charge in [-0.3, -0.25) is 4.90 Å². The number of rotatable bonds is 6. The molecule has 4 heteroatoms. The summed E-state index contributed by atoms with van der Waals surface area (Å²) < 4.78 is 10.6. The van der Waals surface area contributed by atoms with Crippen molar-refractivity contribution in [3.8, 4) is 5.75 Å². The van der Waals surface area contributed by atoms with E-state index in [0.29, 0.717) is 0 Å². The van der Waals surface area contributed by atoms with Crippen LogP contribution in [0, 0.1) is 5.92 Å². The van der Waals surface area contributed by atoms with Crippen molar-refractivity contribution in [2.45, 2.75) is 25.9 Å². The zero-order chi connectivity index (χ0) is 15.3. The standard InChI is InChI=1S/C17H27NO3/c1-14(2)17(19,8-9-18-10-12-21-13-11-18)15-4-6-16(20-3)7-5-15/h4-7,14,19H,8-13H2,1-3H3. The number of nitrogens with zero attached hydrogens (tertiary/aromatic N) is 1. The molecule has 0 amide bonds. The third-order valence-electron chi connectivity index (χ3n) is 4.46. The average molecular weight is 293 g/mol. The minimum atomic E-state index is -0.801. The second-order valence-electron chi connectivity index (χ2n) is 6.01. The molecule has 1 saturated heterocycles. The SMILES string of the molecule is COc1ccc(C(O)(CCN2CCOCC2)C(C)C)cc1. The summed E-state index contributed by atoms with van der Waals surface area (Å²) in [5.74, 6) is 0.977. The van der Waals surface area contributed by atoms with E-state index in [4.69, 9.17) is 9.47 Å². The quantitative estimate of drug-likeness (QED) is 0.873. The third kappa shape index (κ3) is 3.96. The first-order chi connectivity index (χ1) is 10.1. The Morgan fingerprint density at radius 2 is 1.86 bits per heavy atom. The molecule has 1 aromatic carbocycles. The number of hydrogen-bond acceptors (Lipinski definition) is 4. The maximum atomic E-state index is 11.2. The van der Waals surface area contributed by atoms with Gasteiger partial charge in [0, 0.05) is 19.6 Å². The molecule has 2 rings (SSSR count). The van der Waals surface area contributed by atoms with Crippen LogP contribution in [0.3, 0.4) is 0 Å². The summed E-state index contributed by atoms with van der Waals surface area (Å²) in [5.41, 5.74) is 0.163. The second kappa shape index (κ2) is 7.25. The van der Waals surface area contributed by atoms with Gasteiger partial charge in [0.2, 0.25) is 0 Å². The van der Waals surface area contributed by atoms with Crippen molar-refractivity contribution in [1.82, 2.24) is 4.90 Å². The zero-order valence-electron chi connectivity index (χ0n) is 13.3. The van der Waals surface area contributed by atoms with Crippen molar-refractivity contribution in [2.75, 3.05) is 40.0 Å². The molecule has 118 valence electrons. The normalized spacial score (nSPS) is 19.5. The smallest absolute Gasteiger partial charge is 0.118 e. The van der Waals surface area contributed by atoms with Crippen LogP contribution >= 0.6 is 0 Å². The van der Waals surface area contributed by atoms with Gasteiger partial charge >= 0.3 is 0 Å². The summed E-state index contributed by atoms with van der Waals surface area (Å²) in [7, 11) is 1.65. The minimum Gasteiger partial charge on any atom is -0.497 e. The van der Waals surface area contributed by atoms with Crippen molar-refractivity contribution >= 4 is 0 Å². The highest BCUT2D eigenvalue weighted by molar-refractivity contribution is 5.31. The molecule has 1 heterocycles. The first-order valence-corrected chi connectivity index (χ1v) is 7.73. The predicted octanol–water partition coefficient (Wildman–Crippen LogP) is 2.26. The number of methoxy groups -OCH3 is 1. The Kier molecular flexibility index (Phi) is 5.62. The van der Waals surface area contributed by atoms with Crippen LogP contribution in [0.25, 0.3) is 0 Å². The predicted molar refractivity (Wildman–Crippen MR) is 83.6 cm³/mol. The Morgan fingerprint density at radius 1 is 1.24 bits per heavy atom. The molecular formula is C17H27NO3. The van der Waals surface area contributed by atoms with E-state index in [1.165, 1.54) is 0 Å². The molecule has 1 aliphatic heterocycles. The highest BCUT2D eigenvalue weighted by Gasteiger charge is 2.33. The molecule has 1 N–H and O–H groups in total. The Balaban J connectivity index is 2.07. The van der Waals surface area contributed by atoms with Crippen molar-refractivity contribution in [2.24, 2.45) is 5.92 Å². The minimum absolute atomic E-state index is 0.159. The Labute approximate surface area is 127 Å². The number of morpholine rings is 1. The van der Waals surface area contributed by atoms with Crippen molar-refractivity contribution < 1.29 is 14.6 Å². The fourth-order valence-electron chi connectivity index (χ4n) is 2.80. The number of ether oxygens (including phenoxy) is 2.